The van der Waals surface area contributed by atoms with Crippen LogP contribution < -0.4 is 10.6 Å². The minimum atomic E-state index is -0.158. The van der Waals surface area contributed by atoms with E-state index in [1.807, 2.05) is 24.3 Å². The maximum absolute atomic E-state index is 12.3. The summed E-state index contributed by atoms with van der Waals surface area (Å²) in [6, 6.07) is 11.1. The predicted molar refractivity (Wildman–Crippen MR) is 113 cm³/mol. The number of carbonyl (C=O) groups excluding carboxylic acids is 1. The van der Waals surface area contributed by atoms with Gasteiger partial charge in [0.1, 0.15) is 17.0 Å². The van der Waals surface area contributed by atoms with Crippen molar-refractivity contribution in [3.8, 4) is 0 Å². The molecule has 7 heteroatoms. The highest BCUT2D eigenvalue weighted by Crippen LogP contribution is 2.32. The topological polar surface area (TPSA) is 79.8 Å². The van der Waals surface area contributed by atoms with E-state index in [4.69, 9.17) is 0 Å². The molecule has 0 atom stereocenters. The fourth-order valence-corrected chi connectivity index (χ4v) is 3.96. The van der Waals surface area contributed by atoms with Crippen LogP contribution in [0.1, 0.15) is 26.4 Å². The number of carbonyl (C=O) groups is 1. The third-order valence-electron chi connectivity index (χ3n) is 4.55. The standard InChI is InChI=1S/C21H19N5OS/c1-13-14(2)28-21-18(13)19(24-12-25-21)23-11-15-4-3-5-17(10-15)26-20(27)16-6-8-22-9-7-16/h3-10,12H,11H2,1-2H3,(H,26,27)(H,23,24,25). The molecule has 4 rings (SSSR count). The first kappa shape index (κ1) is 18.1. The van der Waals surface area contributed by atoms with Crippen LogP contribution >= 0.6 is 11.3 Å². The van der Waals surface area contributed by atoms with Crippen molar-refractivity contribution in [1.29, 1.82) is 0 Å². The Morgan fingerprint density at radius 3 is 2.75 bits per heavy atom. The van der Waals surface area contributed by atoms with Crippen LogP contribution in [-0.2, 0) is 6.54 Å². The van der Waals surface area contributed by atoms with Crippen LogP contribution in [0.2, 0.25) is 0 Å². The predicted octanol–water partition coefficient (Wildman–Crippen LogP) is 4.57. The number of rotatable bonds is 5. The van der Waals surface area contributed by atoms with E-state index in [9.17, 15) is 4.79 Å². The van der Waals surface area contributed by atoms with Gasteiger partial charge in [-0.05, 0) is 49.2 Å². The maximum Gasteiger partial charge on any atom is 0.255 e. The third-order valence-corrected chi connectivity index (χ3v) is 5.67. The average Bonchev–Trinajstić information content (AvgIpc) is 3.02. The number of benzene rings is 1. The van der Waals surface area contributed by atoms with Gasteiger partial charge < -0.3 is 10.6 Å². The fourth-order valence-electron chi connectivity index (χ4n) is 2.97. The SMILES string of the molecule is Cc1sc2ncnc(NCc3cccc(NC(=O)c4ccncc4)c3)c2c1C. The summed E-state index contributed by atoms with van der Waals surface area (Å²) in [5, 5.41) is 7.40. The number of anilines is 2. The molecule has 4 aromatic rings. The molecule has 0 aliphatic heterocycles. The molecule has 0 bridgehead atoms. The van der Waals surface area contributed by atoms with Gasteiger partial charge in [-0.1, -0.05) is 12.1 Å². The van der Waals surface area contributed by atoms with Gasteiger partial charge in [0.05, 0.1) is 5.39 Å². The molecule has 0 unspecified atom stereocenters. The quantitative estimate of drug-likeness (QED) is 0.523. The summed E-state index contributed by atoms with van der Waals surface area (Å²) in [7, 11) is 0. The molecule has 140 valence electrons. The summed E-state index contributed by atoms with van der Waals surface area (Å²) in [4.78, 5) is 27.3. The lowest BCUT2D eigenvalue weighted by Gasteiger charge is -2.10. The summed E-state index contributed by atoms with van der Waals surface area (Å²) in [6.07, 6.45) is 4.79. The van der Waals surface area contributed by atoms with Crippen LogP contribution in [-0.4, -0.2) is 20.9 Å². The number of aromatic nitrogens is 3. The molecule has 1 aromatic carbocycles. The number of nitrogens with zero attached hydrogens (tertiary/aromatic N) is 3. The van der Waals surface area contributed by atoms with Crippen molar-refractivity contribution in [3.63, 3.8) is 0 Å². The Balaban J connectivity index is 1.49. The first-order valence-electron chi connectivity index (χ1n) is 8.86. The molecule has 0 radical (unpaired) electrons. The molecule has 0 saturated heterocycles. The number of aryl methyl sites for hydroxylation is 2. The van der Waals surface area contributed by atoms with Gasteiger partial charge in [0.15, 0.2) is 0 Å². The smallest absolute Gasteiger partial charge is 0.255 e. The molecule has 2 N–H and O–H groups in total. The maximum atomic E-state index is 12.3. The largest absolute Gasteiger partial charge is 0.365 e. The molecule has 0 fully saturated rings. The van der Waals surface area contributed by atoms with Crippen molar-refractivity contribution in [2.24, 2.45) is 0 Å². The van der Waals surface area contributed by atoms with Gasteiger partial charge >= 0.3 is 0 Å². The highest BCUT2D eigenvalue weighted by atomic mass is 32.1. The first-order chi connectivity index (χ1) is 13.6. The zero-order valence-corrected chi connectivity index (χ0v) is 16.4. The van der Waals surface area contributed by atoms with E-state index in [1.165, 1.54) is 10.4 Å². The second-order valence-electron chi connectivity index (χ2n) is 6.43. The van der Waals surface area contributed by atoms with Crippen LogP contribution in [0.25, 0.3) is 10.2 Å². The van der Waals surface area contributed by atoms with Crippen LogP contribution in [0.3, 0.4) is 0 Å². The summed E-state index contributed by atoms with van der Waals surface area (Å²) in [5.74, 6) is 0.674. The van der Waals surface area contributed by atoms with E-state index in [1.54, 1.807) is 42.2 Å². The van der Waals surface area contributed by atoms with Crippen molar-refractivity contribution >= 4 is 39.0 Å². The number of nitrogens with one attached hydrogen (secondary N) is 2. The molecule has 1 amide bonds. The zero-order valence-electron chi connectivity index (χ0n) is 15.6. The van der Waals surface area contributed by atoms with E-state index in [0.29, 0.717) is 12.1 Å². The van der Waals surface area contributed by atoms with Gasteiger partial charge in [0.2, 0.25) is 0 Å². The van der Waals surface area contributed by atoms with E-state index in [0.717, 1.165) is 27.3 Å². The van der Waals surface area contributed by atoms with E-state index in [2.05, 4.69) is 39.4 Å². The lowest BCUT2D eigenvalue weighted by atomic mass is 10.1. The van der Waals surface area contributed by atoms with Crippen molar-refractivity contribution < 1.29 is 4.79 Å². The molecule has 0 aliphatic carbocycles. The lowest BCUT2D eigenvalue weighted by Crippen LogP contribution is -2.12. The molecule has 3 aromatic heterocycles. The zero-order chi connectivity index (χ0) is 19.5. The van der Waals surface area contributed by atoms with Crippen molar-refractivity contribution in [2.45, 2.75) is 20.4 Å². The number of fused-ring (bicyclic) bond motifs is 1. The molecular formula is C21H19N5OS. The Bertz CT molecular complexity index is 1140. The second kappa shape index (κ2) is 7.74. The Morgan fingerprint density at radius 2 is 1.93 bits per heavy atom. The highest BCUT2D eigenvalue weighted by Gasteiger charge is 2.12. The minimum absolute atomic E-state index is 0.158. The Labute approximate surface area is 166 Å². The number of pyridine rings is 1. The van der Waals surface area contributed by atoms with Crippen LogP contribution in [0, 0.1) is 13.8 Å². The number of thiophene rings is 1. The number of amides is 1. The van der Waals surface area contributed by atoms with Crippen LogP contribution in [0.15, 0.2) is 55.1 Å². The van der Waals surface area contributed by atoms with Crippen LogP contribution in [0.4, 0.5) is 11.5 Å². The molecule has 6 nitrogen and oxygen atoms in total. The average molecular weight is 389 g/mol. The molecule has 0 saturated carbocycles. The molecule has 28 heavy (non-hydrogen) atoms. The summed E-state index contributed by atoms with van der Waals surface area (Å²) < 4.78 is 0. The van der Waals surface area contributed by atoms with Gasteiger partial charge in [-0.3, -0.25) is 9.78 Å². The molecular weight excluding hydrogens is 370 g/mol. The van der Waals surface area contributed by atoms with Gasteiger partial charge in [0, 0.05) is 35.1 Å². The van der Waals surface area contributed by atoms with Crippen molar-refractivity contribution in [1.82, 2.24) is 15.0 Å². The first-order valence-corrected chi connectivity index (χ1v) is 9.68. The van der Waals surface area contributed by atoms with E-state index >= 15 is 0 Å². The summed E-state index contributed by atoms with van der Waals surface area (Å²) in [6.45, 7) is 4.79. The number of hydrogen-bond acceptors (Lipinski definition) is 6. The van der Waals surface area contributed by atoms with Gasteiger partial charge in [0.25, 0.3) is 5.91 Å². The minimum Gasteiger partial charge on any atom is -0.365 e. The Morgan fingerprint density at radius 1 is 1.11 bits per heavy atom. The number of hydrogen-bond donors (Lipinski definition) is 2. The third kappa shape index (κ3) is 3.70. The van der Waals surface area contributed by atoms with Crippen molar-refractivity contribution in [3.05, 3.63) is 76.7 Å². The molecule has 3 heterocycles. The molecule has 0 spiro atoms. The monoisotopic (exact) mass is 389 g/mol. The lowest BCUT2D eigenvalue weighted by molar-refractivity contribution is 0.102. The summed E-state index contributed by atoms with van der Waals surface area (Å²) >= 11 is 1.68. The Kier molecular flexibility index (Phi) is 4.99. The highest BCUT2D eigenvalue weighted by molar-refractivity contribution is 7.18. The van der Waals surface area contributed by atoms with E-state index < -0.39 is 0 Å². The van der Waals surface area contributed by atoms with Gasteiger partial charge in [-0.25, -0.2) is 9.97 Å². The second-order valence-corrected chi connectivity index (χ2v) is 7.63. The van der Waals surface area contributed by atoms with Gasteiger partial charge in [-0.15, -0.1) is 11.3 Å². The Hall–Kier alpha value is -3.32. The van der Waals surface area contributed by atoms with Crippen LogP contribution in [0.5, 0.6) is 0 Å². The van der Waals surface area contributed by atoms with Crippen molar-refractivity contribution in [2.75, 3.05) is 10.6 Å². The van der Waals surface area contributed by atoms with E-state index in [-0.39, 0.29) is 5.91 Å². The molecule has 0 aliphatic rings. The normalized spacial score (nSPS) is 10.8. The fraction of sp³-hybridized carbons (Fsp3) is 0.143. The van der Waals surface area contributed by atoms with Gasteiger partial charge in [-0.2, -0.15) is 0 Å². The summed E-state index contributed by atoms with van der Waals surface area (Å²) in [5.41, 5.74) is 3.58.